The number of nitrogens with two attached hydrogens (primary N) is 1. The highest BCUT2D eigenvalue weighted by Crippen LogP contribution is 2.20. The lowest BCUT2D eigenvalue weighted by atomic mass is 9.86. The van der Waals surface area contributed by atoms with E-state index in [4.69, 9.17) is 5.73 Å². The summed E-state index contributed by atoms with van der Waals surface area (Å²) >= 11 is 0. The molecule has 0 aliphatic rings. The molecule has 1 aromatic carbocycles. The first-order valence-electron chi connectivity index (χ1n) is 6.46. The topological polar surface area (TPSA) is 46.3 Å². The van der Waals surface area contributed by atoms with E-state index < -0.39 is 0 Å². The van der Waals surface area contributed by atoms with Crippen LogP contribution in [0.1, 0.15) is 30.6 Å². The largest absolute Gasteiger partial charge is 0.399 e. The van der Waals surface area contributed by atoms with Crippen LogP contribution in [0.3, 0.4) is 0 Å². The first-order valence-corrected chi connectivity index (χ1v) is 6.46. The third kappa shape index (κ3) is 4.15. The Morgan fingerprint density at radius 2 is 1.78 bits per heavy atom. The number of nitrogen functional groups attached to an aromatic ring is 1. The fraction of sp³-hybridized carbons (Fsp3) is 0.533. The van der Waals surface area contributed by atoms with E-state index in [0.29, 0.717) is 11.6 Å². The predicted octanol–water partition coefficient (Wildman–Crippen LogP) is 2.68. The Kier molecular flexibility index (Phi) is 5.35. The smallest absolute Gasteiger partial charge is 0.165 e. The summed E-state index contributed by atoms with van der Waals surface area (Å²) in [6.07, 6.45) is 1.04. The highest BCUT2D eigenvalue weighted by molar-refractivity contribution is 5.98. The van der Waals surface area contributed by atoms with E-state index >= 15 is 0 Å². The van der Waals surface area contributed by atoms with Crippen molar-refractivity contribution in [1.82, 2.24) is 4.90 Å². The molecule has 1 rings (SSSR count). The molecule has 0 aromatic heterocycles. The van der Waals surface area contributed by atoms with Gasteiger partial charge in [-0.3, -0.25) is 4.79 Å². The van der Waals surface area contributed by atoms with Crippen LogP contribution in [0, 0.1) is 11.8 Å². The summed E-state index contributed by atoms with van der Waals surface area (Å²) in [5.41, 5.74) is 7.08. The number of rotatable bonds is 6. The molecule has 0 saturated heterocycles. The van der Waals surface area contributed by atoms with Crippen molar-refractivity contribution in [3.05, 3.63) is 29.8 Å². The number of hydrogen-bond donors (Lipinski definition) is 1. The van der Waals surface area contributed by atoms with Crippen LogP contribution in [0.2, 0.25) is 0 Å². The quantitative estimate of drug-likeness (QED) is 0.622. The summed E-state index contributed by atoms with van der Waals surface area (Å²) < 4.78 is 0. The Morgan fingerprint density at radius 3 is 2.28 bits per heavy atom. The van der Waals surface area contributed by atoms with Crippen molar-refractivity contribution in [3.8, 4) is 0 Å². The molecule has 100 valence electrons. The minimum Gasteiger partial charge on any atom is -0.399 e. The van der Waals surface area contributed by atoms with Gasteiger partial charge in [0.1, 0.15) is 0 Å². The van der Waals surface area contributed by atoms with Crippen molar-refractivity contribution in [1.29, 1.82) is 0 Å². The van der Waals surface area contributed by atoms with Crippen molar-refractivity contribution in [3.63, 3.8) is 0 Å². The molecule has 0 aliphatic heterocycles. The molecule has 3 heteroatoms. The van der Waals surface area contributed by atoms with Gasteiger partial charge in [0.05, 0.1) is 0 Å². The third-order valence-corrected chi connectivity index (χ3v) is 3.49. The van der Waals surface area contributed by atoms with Gasteiger partial charge in [-0.2, -0.15) is 0 Å². The number of carbonyl (C=O) groups is 1. The molecular weight excluding hydrogens is 224 g/mol. The van der Waals surface area contributed by atoms with Crippen LogP contribution in [0.5, 0.6) is 0 Å². The molecule has 0 amide bonds. The van der Waals surface area contributed by atoms with E-state index in [9.17, 15) is 4.79 Å². The molecule has 0 bridgehead atoms. The molecule has 0 spiro atoms. The monoisotopic (exact) mass is 248 g/mol. The number of anilines is 1. The van der Waals surface area contributed by atoms with Gasteiger partial charge >= 0.3 is 0 Å². The van der Waals surface area contributed by atoms with Crippen LogP contribution in [0.15, 0.2) is 24.3 Å². The van der Waals surface area contributed by atoms with Gasteiger partial charge in [-0.25, -0.2) is 0 Å². The Labute approximate surface area is 110 Å². The molecular formula is C15H24N2O. The minimum absolute atomic E-state index is 0.0496. The molecule has 0 fully saturated rings. The van der Waals surface area contributed by atoms with Crippen molar-refractivity contribution in [2.75, 3.05) is 26.4 Å². The van der Waals surface area contributed by atoms with Crippen LogP contribution >= 0.6 is 0 Å². The van der Waals surface area contributed by atoms with Crippen LogP contribution < -0.4 is 5.73 Å². The van der Waals surface area contributed by atoms with Crippen LogP contribution in [0.25, 0.3) is 0 Å². The molecule has 0 radical (unpaired) electrons. The maximum absolute atomic E-state index is 12.3. The zero-order chi connectivity index (χ0) is 13.7. The second-order valence-electron chi connectivity index (χ2n) is 5.34. The Balaban J connectivity index is 2.62. The second-order valence-corrected chi connectivity index (χ2v) is 5.34. The maximum atomic E-state index is 12.3. The van der Waals surface area contributed by atoms with Gasteiger partial charge in [0, 0.05) is 17.2 Å². The van der Waals surface area contributed by atoms with E-state index in [2.05, 4.69) is 25.9 Å². The molecule has 2 unspecified atom stereocenters. The number of carbonyl (C=O) groups excluding carboxylic acids is 1. The van der Waals surface area contributed by atoms with Gasteiger partial charge in [0.2, 0.25) is 0 Å². The molecule has 18 heavy (non-hydrogen) atoms. The summed E-state index contributed by atoms with van der Waals surface area (Å²) in [7, 11) is 4.11. The fourth-order valence-corrected chi connectivity index (χ4v) is 1.88. The maximum Gasteiger partial charge on any atom is 0.165 e. The van der Waals surface area contributed by atoms with Crippen molar-refractivity contribution >= 4 is 11.5 Å². The lowest BCUT2D eigenvalue weighted by Crippen LogP contribution is -2.23. The highest BCUT2D eigenvalue weighted by atomic mass is 16.1. The van der Waals surface area contributed by atoms with Gasteiger partial charge in [0.15, 0.2) is 5.78 Å². The van der Waals surface area contributed by atoms with Crippen molar-refractivity contribution in [2.45, 2.75) is 20.3 Å². The SMILES string of the molecule is CC(CCN(C)C)C(C)C(=O)c1ccc(N)cc1. The zero-order valence-electron chi connectivity index (χ0n) is 11.8. The Morgan fingerprint density at radius 1 is 1.22 bits per heavy atom. The zero-order valence-corrected chi connectivity index (χ0v) is 11.8. The second kappa shape index (κ2) is 6.55. The Bertz CT molecular complexity index is 384. The van der Waals surface area contributed by atoms with Crippen molar-refractivity contribution in [2.24, 2.45) is 11.8 Å². The van der Waals surface area contributed by atoms with E-state index in [-0.39, 0.29) is 11.7 Å². The molecule has 0 saturated carbocycles. The van der Waals surface area contributed by atoms with Gasteiger partial charge in [0.25, 0.3) is 0 Å². The Hall–Kier alpha value is -1.35. The molecule has 1 aromatic rings. The summed E-state index contributed by atoms with van der Waals surface area (Å²) in [4.78, 5) is 14.4. The van der Waals surface area contributed by atoms with E-state index in [1.54, 1.807) is 12.1 Å². The molecule has 0 heterocycles. The van der Waals surface area contributed by atoms with Crippen LogP contribution in [-0.4, -0.2) is 31.3 Å². The van der Waals surface area contributed by atoms with Gasteiger partial charge in [-0.15, -0.1) is 0 Å². The first-order chi connectivity index (χ1) is 8.41. The standard InChI is InChI=1S/C15H24N2O/c1-11(9-10-17(3)4)12(2)15(18)13-5-7-14(16)8-6-13/h5-8,11-12H,9-10,16H2,1-4H3. The van der Waals surface area contributed by atoms with E-state index in [1.165, 1.54) is 0 Å². The lowest BCUT2D eigenvalue weighted by Gasteiger charge is -2.20. The molecule has 2 N–H and O–H groups in total. The average Bonchev–Trinajstić information content (AvgIpc) is 2.35. The summed E-state index contributed by atoms with van der Waals surface area (Å²) in [6.45, 7) is 5.17. The summed E-state index contributed by atoms with van der Waals surface area (Å²) in [5, 5.41) is 0. The number of ketones is 1. The van der Waals surface area contributed by atoms with Crippen LogP contribution in [0.4, 0.5) is 5.69 Å². The predicted molar refractivity (Wildman–Crippen MR) is 76.7 cm³/mol. The van der Waals surface area contributed by atoms with Gasteiger partial charge < -0.3 is 10.6 Å². The molecule has 3 nitrogen and oxygen atoms in total. The normalized spacial score (nSPS) is 14.5. The number of Topliss-reactive ketones (excluding diaryl/α,β-unsaturated/α-hetero) is 1. The molecule has 2 atom stereocenters. The van der Waals surface area contributed by atoms with Gasteiger partial charge in [-0.05, 0) is 57.2 Å². The number of benzene rings is 1. The third-order valence-electron chi connectivity index (χ3n) is 3.49. The average molecular weight is 248 g/mol. The minimum atomic E-state index is 0.0496. The van der Waals surface area contributed by atoms with E-state index in [1.807, 2.05) is 19.1 Å². The summed E-state index contributed by atoms with van der Waals surface area (Å²) in [5.74, 6) is 0.646. The summed E-state index contributed by atoms with van der Waals surface area (Å²) in [6, 6.07) is 7.19. The highest BCUT2D eigenvalue weighted by Gasteiger charge is 2.21. The van der Waals surface area contributed by atoms with Crippen LogP contribution in [-0.2, 0) is 0 Å². The fourth-order valence-electron chi connectivity index (χ4n) is 1.88. The molecule has 0 aliphatic carbocycles. The van der Waals surface area contributed by atoms with Crippen molar-refractivity contribution < 1.29 is 4.79 Å². The lowest BCUT2D eigenvalue weighted by molar-refractivity contribution is 0.0886. The van der Waals surface area contributed by atoms with E-state index in [0.717, 1.165) is 18.5 Å². The number of hydrogen-bond acceptors (Lipinski definition) is 3. The number of nitrogens with zero attached hydrogens (tertiary/aromatic N) is 1. The van der Waals surface area contributed by atoms with Gasteiger partial charge in [-0.1, -0.05) is 13.8 Å². The first kappa shape index (κ1) is 14.7.